The zero-order chi connectivity index (χ0) is 19.1. The van der Waals surface area contributed by atoms with Crippen molar-refractivity contribution in [2.45, 2.75) is 13.3 Å². The number of carbonyl (C=O) groups is 1. The van der Waals surface area contributed by atoms with Crippen molar-refractivity contribution >= 4 is 22.5 Å². The van der Waals surface area contributed by atoms with Gasteiger partial charge in [0, 0.05) is 41.8 Å². The fourth-order valence-electron chi connectivity index (χ4n) is 3.91. The van der Waals surface area contributed by atoms with Gasteiger partial charge in [0.15, 0.2) is 0 Å². The lowest BCUT2D eigenvalue weighted by molar-refractivity contribution is 0.0989. The van der Waals surface area contributed by atoms with Crippen LogP contribution < -0.4 is 4.90 Å². The third kappa shape index (κ3) is 2.74. The third-order valence-electron chi connectivity index (χ3n) is 5.44. The van der Waals surface area contributed by atoms with Crippen molar-refractivity contribution in [1.29, 1.82) is 0 Å². The van der Waals surface area contributed by atoms with E-state index in [2.05, 4.69) is 28.2 Å². The fraction of sp³-hybridized carbons (Fsp3) is 0.125. The Bertz CT molecular complexity index is 1200. The number of amides is 1. The Balaban J connectivity index is 1.49. The van der Waals surface area contributed by atoms with Crippen molar-refractivity contribution in [2.24, 2.45) is 0 Å². The van der Waals surface area contributed by atoms with Gasteiger partial charge >= 0.3 is 0 Å². The molecule has 0 atom stereocenters. The average molecular weight is 365 g/mol. The highest BCUT2D eigenvalue weighted by molar-refractivity contribution is 6.09. The SMILES string of the molecule is Cc1ccnc2ccc(C(=O)N3CCc4cc(-c5ccncc5)ccc43)cc12. The van der Waals surface area contributed by atoms with Crippen LogP contribution in [-0.4, -0.2) is 22.4 Å². The van der Waals surface area contributed by atoms with E-state index in [1.165, 1.54) is 5.56 Å². The van der Waals surface area contributed by atoms with Crippen molar-refractivity contribution in [3.63, 3.8) is 0 Å². The molecule has 2 aromatic heterocycles. The van der Waals surface area contributed by atoms with Gasteiger partial charge in [-0.1, -0.05) is 6.07 Å². The van der Waals surface area contributed by atoms with E-state index in [4.69, 9.17) is 0 Å². The van der Waals surface area contributed by atoms with Crippen molar-refractivity contribution in [2.75, 3.05) is 11.4 Å². The van der Waals surface area contributed by atoms with Gasteiger partial charge in [0.05, 0.1) is 5.52 Å². The molecule has 2 aromatic carbocycles. The first-order valence-corrected chi connectivity index (χ1v) is 9.41. The molecular weight excluding hydrogens is 346 g/mol. The molecule has 1 aliphatic heterocycles. The molecule has 4 heteroatoms. The molecule has 3 heterocycles. The van der Waals surface area contributed by atoms with Crippen molar-refractivity contribution in [3.8, 4) is 11.1 Å². The van der Waals surface area contributed by atoms with Gasteiger partial charge in [-0.25, -0.2) is 0 Å². The van der Waals surface area contributed by atoms with Crippen molar-refractivity contribution < 1.29 is 4.79 Å². The number of hydrogen-bond donors (Lipinski definition) is 0. The molecule has 0 N–H and O–H groups in total. The number of anilines is 1. The van der Waals surface area contributed by atoms with Gasteiger partial charge in [0.25, 0.3) is 5.91 Å². The Morgan fingerprint density at radius 1 is 0.929 bits per heavy atom. The van der Waals surface area contributed by atoms with Crippen LogP contribution in [0.1, 0.15) is 21.5 Å². The quantitative estimate of drug-likeness (QED) is 0.512. The van der Waals surface area contributed by atoms with Gasteiger partial charge in [-0.3, -0.25) is 14.8 Å². The van der Waals surface area contributed by atoms with Crippen LogP contribution >= 0.6 is 0 Å². The molecular formula is C24H19N3O. The molecule has 0 unspecified atom stereocenters. The molecule has 0 bridgehead atoms. The number of hydrogen-bond acceptors (Lipinski definition) is 3. The second-order valence-corrected chi connectivity index (χ2v) is 7.15. The summed E-state index contributed by atoms with van der Waals surface area (Å²) in [5, 5.41) is 1.03. The standard InChI is InChI=1S/C24H19N3O/c1-16-6-12-26-22-4-2-20(15-21(16)22)24(28)27-13-9-19-14-18(3-5-23(19)27)17-7-10-25-11-8-17/h2-8,10-12,14-15H,9,13H2,1H3. The first kappa shape index (κ1) is 16.6. The van der Waals surface area contributed by atoms with E-state index in [0.29, 0.717) is 12.1 Å². The van der Waals surface area contributed by atoms with Crippen LogP contribution in [0, 0.1) is 6.92 Å². The summed E-state index contributed by atoms with van der Waals surface area (Å²) in [6.07, 6.45) is 6.27. The Morgan fingerprint density at radius 3 is 2.64 bits per heavy atom. The smallest absolute Gasteiger partial charge is 0.258 e. The van der Waals surface area contributed by atoms with E-state index >= 15 is 0 Å². The first-order chi connectivity index (χ1) is 13.7. The van der Waals surface area contributed by atoms with Crippen LogP contribution in [0.5, 0.6) is 0 Å². The minimum absolute atomic E-state index is 0.0422. The van der Waals surface area contributed by atoms with Gasteiger partial charge < -0.3 is 4.90 Å². The van der Waals surface area contributed by atoms with E-state index in [9.17, 15) is 4.79 Å². The second-order valence-electron chi connectivity index (χ2n) is 7.15. The molecule has 1 aliphatic rings. The minimum atomic E-state index is 0.0422. The van der Waals surface area contributed by atoms with Gasteiger partial charge in [-0.15, -0.1) is 0 Å². The highest BCUT2D eigenvalue weighted by atomic mass is 16.2. The summed E-state index contributed by atoms with van der Waals surface area (Å²) in [7, 11) is 0. The van der Waals surface area contributed by atoms with Crippen LogP contribution in [-0.2, 0) is 6.42 Å². The molecule has 5 rings (SSSR count). The van der Waals surface area contributed by atoms with Crippen molar-refractivity contribution in [1.82, 2.24) is 9.97 Å². The molecule has 0 saturated carbocycles. The van der Waals surface area contributed by atoms with Crippen LogP contribution in [0.3, 0.4) is 0 Å². The number of nitrogens with zero attached hydrogens (tertiary/aromatic N) is 3. The number of rotatable bonds is 2. The largest absolute Gasteiger partial charge is 0.308 e. The number of benzene rings is 2. The highest BCUT2D eigenvalue weighted by Crippen LogP contribution is 2.33. The topological polar surface area (TPSA) is 46.1 Å². The maximum absolute atomic E-state index is 13.2. The second kappa shape index (κ2) is 6.57. The summed E-state index contributed by atoms with van der Waals surface area (Å²) in [5.74, 6) is 0.0422. The van der Waals surface area contributed by atoms with Crippen LogP contribution in [0.2, 0.25) is 0 Å². The lowest BCUT2D eigenvalue weighted by atomic mass is 10.0. The van der Waals surface area contributed by atoms with Gasteiger partial charge in [-0.2, -0.15) is 0 Å². The molecule has 0 radical (unpaired) electrons. The molecule has 0 spiro atoms. The summed E-state index contributed by atoms with van der Waals surface area (Å²) >= 11 is 0. The van der Waals surface area contributed by atoms with E-state index in [1.807, 2.05) is 48.2 Å². The first-order valence-electron chi connectivity index (χ1n) is 9.41. The molecule has 4 aromatic rings. The molecule has 4 nitrogen and oxygen atoms in total. The number of carbonyl (C=O) groups excluding carboxylic acids is 1. The Kier molecular flexibility index (Phi) is 3.90. The number of pyridine rings is 2. The monoisotopic (exact) mass is 365 g/mol. The molecule has 28 heavy (non-hydrogen) atoms. The van der Waals surface area contributed by atoms with Crippen LogP contribution in [0.4, 0.5) is 5.69 Å². The number of aromatic nitrogens is 2. The summed E-state index contributed by atoms with van der Waals surface area (Å²) < 4.78 is 0. The number of aryl methyl sites for hydroxylation is 1. The lowest BCUT2D eigenvalue weighted by Crippen LogP contribution is -2.28. The van der Waals surface area contributed by atoms with E-state index in [0.717, 1.165) is 39.7 Å². The van der Waals surface area contributed by atoms with Gasteiger partial charge in [-0.05, 0) is 84.1 Å². The third-order valence-corrected chi connectivity index (χ3v) is 5.44. The van der Waals surface area contributed by atoms with Crippen LogP contribution in [0.25, 0.3) is 22.0 Å². The maximum atomic E-state index is 13.2. The number of fused-ring (bicyclic) bond motifs is 2. The van der Waals surface area contributed by atoms with E-state index in [1.54, 1.807) is 18.6 Å². The fourth-order valence-corrected chi connectivity index (χ4v) is 3.91. The molecule has 136 valence electrons. The van der Waals surface area contributed by atoms with Crippen LogP contribution in [0.15, 0.2) is 73.2 Å². The molecule has 0 saturated heterocycles. The predicted molar refractivity (Wildman–Crippen MR) is 112 cm³/mol. The van der Waals surface area contributed by atoms with E-state index in [-0.39, 0.29) is 5.91 Å². The lowest BCUT2D eigenvalue weighted by Gasteiger charge is -2.18. The van der Waals surface area contributed by atoms with Gasteiger partial charge in [0.2, 0.25) is 0 Å². The maximum Gasteiger partial charge on any atom is 0.258 e. The summed E-state index contributed by atoms with van der Waals surface area (Å²) in [4.78, 5) is 23.6. The normalized spacial score (nSPS) is 13.0. The van der Waals surface area contributed by atoms with Crippen molar-refractivity contribution in [3.05, 3.63) is 89.9 Å². The highest BCUT2D eigenvalue weighted by Gasteiger charge is 2.26. The molecule has 1 amide bonds. The molecule has 0 aliphatic carbocycles. The molecule has 0 fully saturated rings. The Labute approximate surface area is 163 Å². The summed E-state index contributed by atoms with van der Waals surface area (Å²) in [6.45, 7) is 2.75. The Morgan fingerprint density at radius 2 is 1.79 bits per heavy atom. The van der Waals surface area contributed by atoms with Gasteiger partial charge in [0.1, 0.15) is 0 Å². The Hall–Kier alpha value is -3.53. The summed E-state index contributed by atoms with van der Waals surface area (Å²) in [6, 6.07) is 18.1. The predicted octanol–water partition coefficient (Wildman–Crippen LogP) is 4.81. The zero-order valence-electron chi connectivity index (χ0n) is 15.6. The average Bonchev–Trinajstić information content (AvgIpc) is 3.17. The minimum Gasteiger partial charge on any atom is -0.308 e. The van der Waals surface area contributed by atoms with E-state index < -0.39 is 0 Å². The zero-order valence-corrected chi connectivity index (χ0v) is 15.6. The summed E-state index contributed by atoms with van der Waals surface area (Å²) in [5.41, 5.74) is 7.26.